The van der Waals surface area contributed by atoms with Crippen molar-refractivity contribution in [2.75, 3.05) is 12.4 Å². The van der Waals surface area contributed by atoms with Gasteiger partial charge in [-0.25, -0.2) is 5.43 Å². The molecule has 0 aliphatic carbocycles. The van der Waals surface area contributed by atoms with Gasteiger partial charge in [-0.15, -0.1) is 0 Å². The first-order chi connectivity index (χ1) is 12.0. The van der Waals surface area contributed by atoms with E-state index in [1.165, 1.54) is 0 Å². The summed E-state index contributed by atoms with van der Waals surface area (Å²) in [6, 6.07) is 14.0. The van der Waals surface area contributed by atoms with Crippen molar-refractivity contribution >= 4 is 23.2 Å². The molecule has 25 heavy (non-hydrogen) atoms. The molecule has 130 valence electrons. The Hall–Kier alpha value is -3.15. The molecule has 2 amide bonds. The van der Waals surface area contributed by atoms with Crippen LogP contribution in [0, 0.1) is 0 Å². The van der Waals surface area contributed by atoms with E-state index in [9.17, 15) is 9.59 Å². The van der Waals surface area contributed by atoms with Crippen molar-refractivity contribution in [3.8, 4) is 5.75 Å². The van der Waals surface area contributed by atoms with Gasteiger partial charge in [0.15, 0.2) is 0 Å². The molecule has 0 bridgehead atoms. The first-order valence-corrected chi connectivity index (χ1v) is 7.92. The summed E-state index contributed by atoms with van der Waals surface area (Å²) >= 11 is 0. The summed E-state index contributed by atoms with van der Waals surface area (Å²) in [5.41, 5.74) is 5.21. The second-order valence-corrected chi connectivity index (χ2v) is 5.35. The van der Waals surface area contributed by atoms with Crippen molar-refractivity contribution in [3.63, 3.8) is 0 Å². The van der Waals surface area contributed by atoms with Gasteiger partial charge in [0.05, 0.1) is 12.8 Å². The Balaban J connectivity index is 1.99. The molecule has 0 radical (unpaired) electrons. The lowest BCUT2D eigenvalue weighted by molar-refractivity contribution is -0.115. The number of hydrogen-bond donors (Lipinski definition) is 2. The molecule has 2 N–H and O–H groups in total. The van der Waals surface area contributed by atoms with Crippen molar-refractivity contribution in [3.05, 3.63) is 59.7 Å². The number of nitrogens with zero attached hydrogens (tertiary/aromatic N) is 1. The summed E-state index contributed by atoms with van der Waals surface area (Å²) in [6.07, 6.45) is 0.404. The molecule has 0 heterocycles. The maximum atomic E-state index is 12.1. The van der Waals surface area contributed by atoms with Gasteiger partial charge in [0, 0.05) is 17.7 Å². The molecule has 0 fully saturated rings. The standard InChI is InChI=1S/C19H21N3O3/c1-4-18(23)20-16-9-5-15(6-10-16)19(24)22-21-13(2)14-7-11-17(25-3)12-8-14/h5-12H,4H2,1-3H3,(H,20,23)(H,22,24)/b21-13-. The Bertz CT molecular complexity index is 766. The fourth-order valence-electron chi connectivity index (χ4n) is 2.05. The van der Waals surface area contributed by atoms with E-state index in [4.69, 9.17) is 4.74 Å². The second kappa shape index (κ2) is 8.63. The highest BCUT2D eigenvalue weighted by Gasteiger charge is 2.06. The van der Waals surface area contributed by atoms with Crippen molar-refractivity contribution in [1.82, 2.24) is 5.43 Å². The number of carbonyl (C=O) groups is 2. The van der Waals surface area contributed by atoms with Crippen LogP contribution in [0.1, 0.15) is 36.2 Å². The summed E-state index contributed by atoms with van der Waals surface area (Å²) in [5, 5.41) is 6.85. The average molecular weight is 339 g/mol. The molecule has 0 spiro atoms. The number of benzene rings is 2. The largest absolute Gasteiger partial charge is 0.497 e. The number of methoxy groups -OCH3 is 1. The SMILES string of the molecule is CCC(=O)Nc1ccc(C(=O)N/N=C(/C)c2ccc(OC)cc2)cc1. The average Bonchev–Trinajstić information content (AvgIpc) is 2.66. The van der Waals surface area contributed by atoms with Gasteiger partial charge in [0.1, 0.15) is 5.75 Å². The Morgan fingerprint density at radius 3 is 2.16 bits per heavy atom. The van der Waals surface area contributed by atoms with Crippen molar-refractivity contribution in [1.29, 1.82) is 0 Å². The number of ether oxygens (including phenoxy) is 1. The number of hydrogen-bond acceptors (Lipinski definition) is 4. The lowest BCUT2D eigenvalue weighted by atomic mass is 10.1. The summed E-state index contributed by atoms with van der Waals surface area (Å²) in [5.74, 6) is 0.369. The molecule has 0 saturated carbocycles. The maximum absolute atomic E-state index is 12.1. The number of hydrazone groups is 1. The van der Waals surface area contributed by atoms with Gasteiger partial charge in [-0.05, 0) is 61.0 Å². The zero-order chi connectivity index (χ0) is 18.2. The number of carbonyl (C=O) groups excluding carboxylic acids is 2. The van der Waals surface area contributed by atoms with E-state index in [0.29, 0.717) is 23.4 Å². The van der Waals surface area contributed by atoms with Crippen LogP contribution in [0.4, 0.5) is 5.69 Å². The molecule has 2 aromatic carbocycles. The van der Waals surface area contributed by atoms with E-state index >= 15 is 0 Å². The molecular weight excluding hydrogens is 318 g/mol. The lowest BCUT2D eigenvalue weighted by Gasteiger charge is -2.06. The van der Waals surface area contributed by atoms with Gasteiger partial charge in [-0.1, -0.05) is 6.92 Å². The van der Waals surface area contributed by atoms with Gasteiger partial charge in [0.2, 0.25) is 5.91 Å². The van der Waals surface area contributed by atoms with Crippen LogP contribution in [-0.2, 0) is 4.79 Å². The second-order valence-electron chi connectivity index (χ2n) is 5.35. The molecule has 2 aromatic rings. The first-order valence-electron chi connectivity index (χ1n) is 7.92. The highest BCUT2D eigenvalue weighted by molar-refractivity contribution is 6.01. The smallest absolute Gasteiger partial charge is 0.271 e. The third kappa shape index (κ3) is 5.17. The number of nitrogens with one attached hydrogen (secondary N) is 2. The summed E-state index contributed by atoms with van der Waals surface area (Å²) < 4.78 is 5.11. The van der Waals surface area contributed by atoms with Gasteiger partial charge >= 0.3 is 0 Å². The highest BCUT2D eigenvalue weighted by Crippen LogP contribution is 2.12. The van der Waals surface area contributed by atoms with Crippen LogP contribution < -0.4 is 15.5 Å². The summed E-state index contributed by atoms with van der Waals surface area (Å²) in [6.45, 7) is 3.59. The number of anilines is 1. The predicted molar refractivity (Wildman–Crippen MR) is 98.0 cm³/mol. The Morgan fingerprint density at radius 1 is 1.00 bits per heavy atom. The van der Waals surface area contributed by atoms with Crippen LogP contribution in [0.5, 0.6) is 5.75 Å². The van der Waals surface area contributed by atoms with E-state index in [1.54, 1.807) is 38.3 Å². The van der Waals surface area contributed by atoms with Gasteiger partial charge in [-0.2, -0.15) is 5.10 Å². The fourth-order valence-corrected chi connectivity index (χ4v) is 2.05. The monoisotopic (exact) mass is 339 g/mol. The van der Waals surface area contributed by atoms with Gasteiger partial charge < -0.3 is 10.1 Å². The lowest BCUT2D eigenvalue weighted by Crippen LogP contribution is -2.19. The number of amides is 2. The predicted octanol–water partition coefficient (Wildman–Crippen LogP) is 3.20. The fraction of sp³-hybridized carbons (Fsp3) is 0.211. The van der Waals surface area contributed by atoms with E-state index in [2.05, 4.69) is 15.8 Å². The Morgan fingerprint density at radius 2 is 1.60 bits per heavy atom. The molecule has 0 aromatic heterocycles. The normalized spacial score (nSPS) is 10.9. The number of rotatable bonds is 6. The Labute approximate surface area is 146 Å². The highest BCUT2D eigenvalue weighted by atomic mass is 16.5. The third-order valence-corrected chi connectivity index (χ3v) is 3.58. The maximum Gasteiger partial charge on any atom is 0.271 e. The van der Waals surface area contributed by atoms with Crippen LogP contribution >= 0.6 is 0 Å². The zero-order valence-electron chi connectivity index (χ0n) is 14.5. The van der Waals surface area contributed by atoms with Gasteiger partial charge in [-0.3, -0.25) is 9.59 Å². The van der Waals surface area contributed by atoms with Crippen LogP contribution in [0.2, 0.25) is 0 Å². The van der Waals surface area contributed by atoms with Crippen LogP contribution in [0.15, 0.2) is 53.6 Å². The molecule has 6 nitrogen and oxygen atoms in total. The van der Waals surface area contributed by atoms with Crippen LogP contribution in [0.25, 0.3) is 0 Å². The molecule has 0 atom stereocenters. The van der Waals surface area contributed by atoms with Crippen molar-refractivity contribution < 1.29 is 14.3 Å². The molecule has 0 aliphatic heterocycles. The quantitative estimate of drug-likeness (QED) is 0.626. The Kier molecular flexibility index (Phi) is 6.28. The molecule has 2 rings (SSSR count). The molecule has 6 heteroatoms. The van der Waals surface area contributed by atoms with E-state index in [1.807, 2.05) is 31.2 Å². The molecule has 0 aliphatic rings. The van der Waals surface area contributed by atoms with Crippen molar-refractivity contribution in [2.24, 2.45) is 5.10 Å². The molecule has 0 unspecified atom stereocenters. The van der Waals surface area contributed by atoms with E-state index in [-0.39, 0.29) is 11.8 Å². The van der Waals surface area contributed by atoms with Crippen LogP contribution in [0.3, 0.4) is 0 Å². The third-order valence-electron chi connectivity index (χ3n) is 3.58. The molecule has 0 saturated heterocycles. The van der Waals surface area contributed by atoms with Crippen LogP contribution in [-0.4, -0.2) is 24.6 Å². The minimum Gasteiger partial charge on any atom is -0.497 e. The van der Waals surface area contributed by atoms with E-state index in [0.717, 1.165) is 11.3 Å². The van der Waals surface area contributed by atoms with E-state index < -0.39 is 0 Å². The van der Waals surface area contributed by atoms with Crippen molar-refractivity contribution in [2.45, 2.75) is 20.3 Å². The first kappa shape index (κ1) is 18.2. The zero-order valence-corrected chi connectivity index (χ0v) is 14.5. The minimum atomic E-state index is -0.318. The minimum absolute atomic E-state index is 0.0723. The topological polar surface area (TPSA) is 79.8 Å². The summed E-state index contributed by atoms with van der Waals surface area (Å²) in [4.78, 5) is 23.5. The molecular formula is C19H21N3O3. The van der Waals surface area contributed by atoms with Gasteiger partial charge in [0.25, 0.3) is 5.91 Å². The summed E-state index contributed by atoms with van der Waals surface area (Å²) in [7, 11) is 1.61.